The molecule has 0 spiro atoms. The highest BCUT2D eigenvalue weighted by atomic mass is 32.9. The second-order valence-corrected chi connectivity index (χ2v) is 10.5. The van der Waals surface area contributed by atoms with Crippen LogP contribution in [0.15, 0.2) is 29.2 Å². The summed E-state index contributed by atoms with van der Waals surface area (Å²) in [5.41, 5.74) is 2.21. The van der Waals surface area contributed by atoms with Gasteiger partial charge in [0, 0.05) is 11.3 Å². The summed E-state index contributed by atoms with van der Waals surface area (Å²) in [5.74, 6) is 0. The van der Waals surface area contributed by atoms with Gasteiger partial charge in [-0.3, -0.25) is 4.55 Å². The Kier molecular flexibility index (Phi) is 8.22. The van der Waals surface area contributed by atoms with Gasteiger partial charge in [0.25, 0.3) is 10.1 Å². The Labute approximate surface area is 162 Å². The topological polar surface area (TPSA) is 54.4 Å². The van der Waals surface area contributed by atoms with E-state index in [1.165, 1.54) is 61.1 Å². The van der Waals surface area contributed by atoms with Gasteiger partial charge in [0.1, 0.15) is 3.82 Å². The maximum Gasteiger partial charge on any atom is 0.294 e. The zero-order chi connectivity index (χ0) is 18.3. The number of unbranched alkanes of at least 4 members (excludes halogenated alkanes) is 5. The van der Waals surface area contributed by atoms with Crippen molar-refractivity contribution < 1.29 is 13.0 Å². The van der Waals surface area contributed by atoms with Gasteiger partial charge < -0.3 is 0 Å². The lowest BCUT2D eigenvalue weighted by Gasteiger charge is -2.05. The maximum atomic E-state index is 11.1. The predicted octanol–water partition coefficient (Wildman–Crippen LogP) is 6.28. The van der Waals surface area contributed by atoms with E-state index >= 15 is 0 Å². The van der Waals surface area contributed by atoms with Crippen molar-refractivity contribution in [2.45, 2.75) is 63.2 Å². The largest absolute Gasteiger partial charge is 0.294 e. The van der Waals surface area contributed by atoms with Crippen molar-refractivity contribution >= 4 is 43.0 Å². The van der Waals surface area contributed by atoms with E-state index in [4.69, 9.17) is 16.8 Å². The van der Waals surface area contributed by atoms with Crippen LogP contribution in [0.4, 0.5) is 0 Å². The molecule has 0 saturated heterocycles. The first-order valence-electron chi connectivity index (χ1n) is 8.59. The summed E-state index contributed by atoms with van der Waals surface area (Å²) in [6, 6.07) is 6.37. The summed E-state index contributed by atoms with van der Waals surface area (Å²) in [6.07, 6.45) is 9.46. The number of rotatable bonds is 10. The maximum absolute atomic E-state index is 11.1. The fourth-order valence-electron chi connectivity index (χ4n) is 2.72. The van der Waals surface area contributed by atoms with E-state index in [1.54, 1.807) is 32.8 Å². The first kappa shape index (κ1) is 20.7. The lowest BCUT2D eigenvalue weighted by molar-refractivity contribution is 0.483. The van der Waals surface area contributed by atoms with Crippen LogP contribution in [0.3, 0.4) is 0 Å². The van der Waals surface area contributed by atoms with Gasteiger partial charge in [-0.05, 0) is 36.1 Å². The van der Waals surface area contributed by atoms with E-state index in [0.29, 0.717) is 0 Å². The van der Waals surface area contributed by atoms with Gasteiger partial charge in [-0.2, -0.15) is 8.42 Å². The van der Waals surface area contributed by atoms with Crippen LogP contribution in [0.2, 0.25) is 0 Å². The molecule has 0 aliphatic carbocycles. The molecule has 1 N–H and O–H groups in total. The normalized spacial score (nSPS) is 11.8. The second kappa shape index (κ2) is 9.92. The molecule has 7 heteroatoms. The summed E-state index contributed by atoms with van der Waals surface area (Å²) < 4.78 is 32.2. The zero-order valence-electron chi connectivity index (χ0n) is 14.4. The van der Waals surface area contributed by atoms with Gasteiger partial charge >= 0.3 is 0 Å². The van der Waals surface area contributed by atoms with Crippen LogP contribution >= 0.6 is 32.9 Å². The van der Waals surface area contributed by atoms with Gasteiger partial charge in [0.2, 0.25) is 0 Å². The van der Waals surface area contributed by atoms with E-state index in [9.17, 15) is 8.42 Å². The minimum atomic E-state index is -4.14. The van der Waals surface area contributed by atoms with E-state index in [0.717, 1.165) is 22.2 Å². The van der Waals surface area contributed by atoms with Gasteiger partial charge in [-0.15, -0.1) is 0 Å². The molecule has 0 radical (unpaired) electrons. The Bertz CT molecular complexity index is 817. The number of benzene rings is 1. The van der Waals surface area contributed by atoms with Crippen molar-refractivity contribution in [2.24, 2.45) is 0 Å². The lowest BCUT2D eigenvalue weighted by Crippen LogP contribution is -1.98. The number of hydrogen-bond acceptors (Lipinski definition) is 5. The van der Waals surface area contributed by atoms with Crippen molar-refractivity contribution in [3.8, 4) is 0 Å². The van der Waals surface area contributed by atoms with Crippen LogP contribution < -0.4 is 0 Å². The highest BCUT2D eigenvalue weighted by molar-refractivity contribution is 7.85. The molecule has 3 nitrogen and oxygen atoms in total. The summed E-state index contributed by atoms with van der Waals surface area (Å²) in [5, 5.41) is 0. The molecule has 2 aromatic rings. The molecule has 0 atom stereocenters. The summed E-state index contributed by atoms with van der Waals surface area (Å²) in [7, 11) is -0.713. The zero-order valence-corrected chi connectivity index (χ0v) is 17.6. The summed E-state index contributed by atoms with van der Waals surface area (Å²) in [6.45, 7) is 2.23. The third-order valence-electron chi connectivity index (χ3n) is 4.16. The van der Waals surface area contributed by atoms with Crippen molar-refractivity contribution in [3.63, 3.8) is 0 Å². The molecule has 0 bridgehead atoms. The Morgan fingerprint density at radius 2 is 1.64 bits per heavy atom. The number of hydrogen-bond donors (Lipinski definition) is 1. The predicted molar refractivity (Wildman–Crippen MR) is 109 cm³/mol. The average molecular weight is 417 g/mol. The van der Waals surface area contributed by atoms with Crippen molar-refractivity contribution in [3.05, 3.63) is 44.1 Å². The van der Waals surface area contributed by atoms with Crippen LogP contribution in [0, 0.1) is 3.82 Å². The van der Waals surface area contributed by atoms with Gasteiger partial charge in [0.05, 0.1) is 4.90 Å². The highest BCUT2D eigenvalue weighted by Crippen LogP contribution is 2.29. The number of aryl methyl sites for hydroxylation is 1. The minimum absolute atomic E-state index is 0.0738. The van der Waals surface area contributed by atoms with E-state index in [2.05, 4.69) is 6.92 Å². The SMILES string of the molecule is CCCCCCCCc1ssc(=S)c1Cc1ccc(S(=O)(=O)O)cc1. The molecule has 0 aliphatic heterocycles. The van der Waals surface area contributed by atoms with Gasteiger partial charge in [0.15, 0.2) is 0 Å². The van der Waals surface area contributed by atoms with Crippen LogP contribution in [0.25, 0.3) is 0 Å². The molecule has 0 unspecified atom stereocenters. The smallest absolute Gasteiger partial charge is 0.282 e. The van der Waals surface area contributed by atoms with Crippen molar-refractivity contribution in [2.75, 3.05) is 0 Å². The van der Waals surface area contributed by atoms with Crippen LogP contribution in [0.5, 0.6) is 0 Å². The molecule has 0 fully saturated rings. The molecule has 1 aromatic heterocycles. The fourth-order valence-corrected chi connectivity index (χ4v) is 6.18. The summed E-state index contributed by atoms with van der Waals surface area (Å²) >= 11 is 5.49. The van der Waals surface area contributed by atoms with Gasteiger partial charge in [-0.25, -0.2) is 0 Å². The first-order valence-corrected chi connectivity index (χ1v) is 12.6. The van der Waals surface area contributed by atoms with Crippen molar-refractivity contribution in [1.82, 2.24) is 0 Å². The van der Waals surface area contributed by atoms with E-state index in [1.807, 2.05) is 0 Å². The Hall–Kier alpha value is -0.600. The molecule has 1 heterocycles. The fraction of sp³-hybridized carbons (Fsp3) is 0.500. The molecule has 0 aliphatic rings. The van der Waals surface area contributed by atoms with Crippen LogP contribution in [0.1, 0.15) is 61.5 Å². The Balaban J connectivity index is 1.98. The Morgan fingerprint density at radius 1 is 1.00 bits per heavy atom. The van der Waals surface area contributed by atoms with E-state index < -0.39 is 10.1 Å². The second-order valence-electron chi connectivity index (χ2n) is 6.17. The molecule has 1 aromatic carbocycles. The van der Waals surface area contributed by atoms with E-state index in [-0.39, 0.29) is 4.90 Å². The molecular formula is C18H24O3S4. The molecule has 0 amide bonds. The standard InChI is InChI=1S/C18H24O3S4/c1-2-3-4-5-6-7-8-17-16(18(22)24-23-17)13-14-9-11-15(12-10-14)25(19,20)21/h9-12H,2-8,13H2,1H3,(H,19,20,21). The molecule has 2 rings (SSSR count). The van der Waals surface area contributed by atoms with Crippen molar-refractivity contribution in [1.29, 1.82) is 0 Å². The van der Waals surface area contributed by atoms with Gasteiger partial charge in [-0.1, -0.05) is 84.1 Å². The molecular weight excluding hydrogens is 392 g/mol. The molecule has 25 heavy (non-hydrogen) atoms. The first-order chi connectivity index (χ1) is 11.9. The minimum Gasteiger partial charge on any atom is -0.282 e. The van der Waals surface area contributed by atoms with Crippen LogP contribution in [-0.4, -0.2) is 13.0 Å². The molecule has 0 saturated carbocycles. The molecule has 138 valence electrons. The average Bonchev–Trinajstić information content (AvgIpc) is 2.91. The third kappa shape index (κ3) is 6.57. The quantitative estimate of drug-likeness (QED) is 0.214. The third-order valence-corrected chi connectivity index (χ3v) is 8.33. The monoisotopic (exact) mass is 416 g/mol. The van der Waals surface area contributed by atoms with Crippen LogP contribution in [-0.2, 0) is 23.0 Å². The summed E-state index contributed by atoms with van der Waals surface area (Å²) in [4.78, 5) is 1.29. The Morgan fingerprint density at radius 3 is 2.28 bits per heavy atom. The highest BCUT2D eigenvalue weighted by Gasteiger charge is 2.12. The lowest BCUT2D eigenvalue weighted by atomic mass is 10.0.